The molecule has 0 radical (unpaired) electrons. The molecule has 9 heteroatoms. The van der Waals surface area contributed by atoms with Crippen molar-refractivity contribution < 1.29 is 18.7 Å². The van der Waals surface area contributed by atoms with E-state index >= 15 is 0 Å². The third kappa shape index (κ3) is 3.15. The molecule has 0 N–H and O–H groups in total. The second kappa shape index (κ2) is 6.58. The minimum atomic E-state index is -0.522. The van der Waals surface area contributed by atoms with Crippen LogP contribution in [0, 0.1) is 5.82 Å². The standard InChI is InChI=1S/C17H16FN5O3/c18-15-9-12(1-2-16(15)21-6-3-13(24)4-7-21)23-11-14(26-17(23)25)10-22-8-5-19-20-22/h1-3,5-6,8-9,14H,4,7,10-11H2/t14-/m0/s1. The topological polar surface area (TPSA) is 80.6 Å². The molecular formula is C17H16FN5O3. The first-order valence-electron chi connectivity index (χ1n) is 8.19. The highest BCUT2D eigenvalue weighted by Gasteiger charge is 2.33. The highest BCUT2D eigenvalue weighted by Crippen LogP contribution is 2.29. The van der Waals surface area contributed by atoms with Crippen molar-refractivity contribution in [2.24, 2.45) is 0 Å². The van der Waals surface area contributed by atoms with E-state index in [0.717, 1.165) is 0 Å². The summed E-state index contributed by atoms with van der Waals surface area (Å²) in [7, 11) is 0. The largest absolute Gasteiger partial charge is 0.442 e. The van der Waals surface area contributed by atoms with Crippen molar-refractivity contribution >= 4 is 23.3 Å². The van der Waals surface area contributed by atoms with Crippen molar-refractivity contribution in [2.75, 3.05) is 22.9 Å². The molecule has 26 heavy (non-hydrogen) atoms. The lowest BCUT2D eigenvalue weighted by Crippen LogP contribution is -2.27. The highest BCUT2D eigenvalue weighted by molar-refractivity contribution is 5.92. The van der Waals surface area contributed by atoms with Crippen LogP contribution in [0.1, 0.15) is 6.42 Å². The second-order valence-corrected chi connectivity index (χ2v) is 6.10. The van der Waals surface area contributed by atoms with E-state index in [4.69, 9.17) is 4.74 Å². The maximum Gasteiger partial charge on any atom is 0.414 e. The lowest BCUT2D eigenvalue weighted by Gasteiger charge is -2.24. The number of benzene rings is 1. The maximum atomic E-state index is 14.6. The van der Waals surface area contributed by atoms with E-state index in [2.05, 4.69) is 10.3 Å². The number of ketones is 1. The van der Waals surface area contributed by atoms with Crippen LogP contribution in [0.15, 0.2) is 42.9 Å². The summed E-state index contributed by atoms with van der Waals surface area (Å²) < 4.78 is 21.4. The molecule has 1 aromatic carbocycles. The Kier molecular flexibility index (Phi) is 4.11. The van der Waals surface area contributed by atoms with E-state index in [1.807, 2.05) is 0 Å². The second-order valence-electron chi connectivity index (χ2n) is 6.10. The Balaban J connectivity index is 1.49. The summed E-state index contributed by atoms with van der Waals surface area (Å²) in [5, 5.41) is 7.56. The first-order chi connectivity index (χ1) is 12.6. The molecule has 2 aliphatic heterocycles. The van der Waals surface area contributed by atoms with E-state index < -0.39 is 11.9 Å². The third-order valence-electron chi connectivity index (χ3n) is 4.33. The summed E-state index contributed by atoms with van der Waals surface area (Å²) in [6.07, 6.45) is 5.67. The van der Waals surface area contributed by atoms with Gasteiger partial charge in [0.2, 0.25) is 0 Å². The predicted molar refractivity (Wildman–Crippen MR) is 90.1 cm³/mol. The van der Waals surface area contributed by atoms with Gasteiger partial charge in [-0.25, -0.2) is 13.9 Å². The van der Waals surface area contributed by atoms with Crippen molar-refractivity contribution in [3.8, 4) is 0 Å². The third-order valence-corrected chi connectivity index (χ3v) is 4.33. The summed E-state index contributed by atoms with van der Waals surface area (Å²) in [6.45, 7) is 1.11. The van der Waals surface area contributed by atoms with Crippen LogP contribution in [-0.4, -0.2) is 46.1 Å². The fraction of sp³-hybridized carbons (Fsp3) is 0.294. The van der Waals surface area contributed by atoms with Crippen LogP contribution < -0.4 is 9.80 Å². The summed E-state index contributed by atoms with van der Waals surface area (Å²) in [4.78, 5) is 26.5. The van der Waals surface area contributed by atoms with E-state index in [9.17, 15) is 14.0 Å². The van der Waals surface area contributed by atoms with Gasteiger partial charge in [0.1, 0.15) is 11.9 Å². The zero-order valence-electron chi connectivity index (χ0n) is 13.8. The molecule has 1 atom stereocenters. The number of carbonyl (C=O) groups is 2. The van der Waals surface area contributed by atoms with Crippen LogP contribution in [0.3, 0.4) is 0 Å². The minimum absolute atomic E-state index is 0.0246. The van der Waals surface area contributed by atoms with Gasteiger partial charge in [-0.15, -0.1) is 5.10 Å². The molecule has 0 unspecified atom stereocenters. The lowest BCUT2D eigenvalue weighted by molar-refractivity contribution is -0.114. The van der Waals surface area contributed by atoms with E-state index in [1.54, 1.807) is 40.3 Å². The zero-order valence-corrected chi connectivity index (χ0v) is 13.8. The van der Waals surface area contributed by atoms with Gasteiger partial charge < -0.3 is 9.64 Å². The number of carbonyl (C=O) groups excluding carboxylic acids is 2. The summed E-state index contributed by atoms with van der Waals surface area (Å²) in [6, 6.07) is 4.57. The normalized spacial score (nSPS) is 20.0. The first kappa shape index (κ1) is 16.2. The molecule has 4 rings (SSSR count). The Bertz CT molecular complexity index is 867. The van der Waals surface area contributed by atoms with Crippen molar-refractivity contribution in [3.05, 3.63) is 48.7 Å². The number of nitrogens with zero attached hydrogens (tertiary/aromatic N) is 5. The average molecular weight is 357 g/mol. The highest BCUT2D eigenvalue weighted by atomic mass is 19.1. The Morgan fingerprint density at radius 1 is 1.31 bits per heavy atom. The van der Waals surface area contributed by atoms with Gasteiger partial charge in [-0.05, 0) is 24.3 Å². The van der Waals surface area contributed by atoms with Gasteiger partial charge in [0, 0.05) is 25.4 Å². The number of aromatic nitrogens is 3. The molecule has 1 aromatic heterocycles. The molecule has 2 aromatic rings. The Morgan fingerprint density at radius 3 is 2.88 bits per heavy atom. The Labute approximate surface area is 148 Å². The van der Waals surface area contributed by atoms with Crippen LogP contribution in [0.4, 0.5) is 20.6 Å². The Hall–Kier alpha value is -3.23. The smallest absolute Gasteiger partial charge is 0.414 e. The summed E-state index contributed by atoms with van der Waals surface area (Å²) in [5.74, 6) is -0.439. The number of hydrogen-bond acceptors (Lipinski definition) is 6. The van der Waals surface area contributed by atoms with Crippen LogP contribution in [0.25, 0.3) is 0 Å². The van der Waals surface area contributed by atoms with Gasteiger partial charge >= 0.3 is 6.09 Å². The van der Waals surface area contributed by atoms with Gasteiger partial charge in [-0.1, -0.05) is 5.21 Å². The number of halogens is 1. The van der Waals surface area contributed by atoms with Gasteiger partial charge in [-0.2, -0.15) is 0 Å². The molecule has 3 heterocycles. The predicted octanol–water partition coefficient (Wildman–Crippen LogP) is 1.74. The van der Waals surface area contributed by atoms with Crippen LogP contribution >= 0.6 is 0 Å². The molecule has 8 nitrogen and oxygen atoms in total. The molecule has 1 amide bonds. The molecular weight excluding hydrogens is 341 g/mol. The van der Waals surface area contributed by atoms with Gasteiger partial charge in [0.25, 0.3) is 0 Å². The number of allylic oxidation sites excluding steroid dienone is 1. The molecule has 0 bridgehead atoms. The quantitative estimate of drug-likeness (QED) is 0.829. The summed E-state index contributed by atoms with van der Waals surface area (Å²) >= 11 is 0. The SMILES string of the molecule is O=C1C=CN(c2ccc(N3C[C@H](Cn4ccnn4)OC3=O)cc2F)CC1. The molecule has 1 saturated heterocycles. The molecule has 1 fully saturated rings. The lowest BCUT2D eigenvalue weighted by atomic mass is 10.1. The van der Waals surface area contributed by atoms with Crippen molar-refractivity contribution in [1.82, 2.24) is 15.0 Å². The van der Waals surface area contributed by atoms with Crippen molar-refractivity contribution in [2.45, 2.75) is 19.1 Å². The molecule has 0 spiro atoms. The van der Waals surface area contributed by atoms with Crippen LogP contribution in [-0.2, 0) is 16.1 Å². The first-order valence-corrected chi connectivity index (χ1v) is 8.19. The minimum Gasteiger partial charge on any atom is -0.442 e. The zero-order chi connectivity index (χ0) is 18.1. The Morgan fingerprint density at radius 2 is 2.19 bits per heavy atom. The number of ether oxygens (including phenoxy) is 1. The fourth-order valence-corrected chi connectivity index (χ4v) is 3.03. The van der Waals surface area contributed by atoms with Crippen LogP contribution in [0.5, 0.6) is 0 Å². The summed E-state index contributed by atoms with van der Waals surface area (Å²) in [5.41, 5.74) is 0.790. The van der Waals surface area contributed by atoms with E-state index in [1.165, 1.54) is 17.0 Å². The maximum absolute atomic E-state index is 14.6. The van der Waals surface area contributed by atoms with Gasteiger partial charge in [0.15, 0.2) is 5.78 Å². The number of cyclic esters (lactones) is 1. The number of anilines is 2. The average Bonchev–Trinajstić information content (AvgIpc) is 3.26. The number of rotatable bonds is 4. The molecule has 0 saturated carbocycles. The van der Waals surface area contributed by atoms with Gasteiger partial charge in [-0.3, -0.25) is 9.69 Å². The molecule has 0 aliphatic carbocycles. The van der Waals surface area contributed by atoms with Crippen LogP contribution in [0.2, 0.25) is 0 Å². The van der Waals surface area contributed by atoms with Crippen molar-refractivity contribution in [3.63, 3.8) is 0 Å². The monoisotopic (exact) mass is 357 g/mol. The number of hydrogen-bond donors (Lipinski definition) is 0. The van der Waals surface area contributed by atoms with E-state index in [-0.39, 0.29) is 11.9 Å². The number of amides is 1. The fourth-order valence-electron chi connectivity index (χ4n) is 3.03. The molecule has 134 valence electrons. The molecule has 2 aliphatic rings. The van der Waals surface area contributed by atoms with Gasteiger partial charge in [0.05, 0.1) is 30.7 Å². The van der Waals surface area contributed by atoms with Crippen molar-refractivity contribution in [1.29, 1.82) is 0 Å². The van der Waals surface area contributed by atoms with E-state index in [0.29, 0.717) is 37.4 Å².